The zero-order chi connectivity index (χ0) is 9.84. The van der Waals surface area contributed by atoms with Gasteiger partial charge in [-0.15, -0.1) is 0 Å². The normalized spacial score (nSPS) is 9.92. The van der Waals surface area contributed by atoms with Crippen molar-refractivity contribution in [3.05, 3.63) is 23.3 Å². The Morgan fingerprint density at radius 2 is 1.92 bits per heavy atom. The number of aromatic hydroxyl groups is 2. The molecular formula is C10H12O3. The highest BCUT2D eigenvalue weighted by Crippen LogP contribution is 2.28. The standard InChI is InChI=1S/C10H12O3/c1-2-3-7-8(6-11)10(13)5-4-9(7)12/h4-6,12-13H,2-3H2,1H3. The van der Waals surface area contributed by atoms with Crippen molar-refractivity contribution in [1.29, 1.82) is 0 Å². The zero-order valence-electron chi connectivity index (χ0n) is 7.45. The van der Waals surface area contributed by atoms with Gasteiger partial charge in [-0.1, -0.05) is 13.3 Å². The molecule has 3 heteroatoms. The predicted octanol–water partition coefficient (Wildman–Crippen LogP) is 1.86. The molecule has 0 amide bonds. The third-order valence-corrected chi connectivity index (χ3v) is 1.93. The summed E-state index contributed by atoms with van der Waals surface area (Å²) in [6, 6.07) is 2.71. The predicted molar refractivity (Wildman–Crippen MR) is 49.2 cm³/mol. The summed E-state index contributed by atoms with van der Waals surface area (Å²) < 4.78 is 0. The van der Waals surface area contributed by atoms with Crippen LogP contribution >= 0.6 is 0 Å². The van der Waals surface area contributed by atoms with Crippen molar-refractivity contribution in [2.45, 2.75) is 19.8 Å². The number of carbonyl (C=O) groups excluding carboxylic acids is 1. The molecule has 0 atom stereocenters. The first-order valence-corrected chi connectivity index (χ1v) is 4.19. The van der Waals surface area contributed by atoms with Crippen LogP contribution < -0.4 is 0 Å². The van der Waals surface area contributed by atoms with Gasteiger partial charge >= 0.3 is 0 Å². The molecule has 0 unspecified atom stereocenters. The molecule has 0 saturated carbocycles. The van der Waals surface area contributed by atoms with Crippen molar-refractivity contribution < 1.29 is 15.0 Å². The van der Waals surface area contributed by atoms with Crippen LogP contribution in [-0.2, 0) is 6.42 Å². The summed E-state index contributed by atoms with van der Waals surface area (Å²) in [4.78, 5) is 10.6. The van der Waals surface area contributed by atoms with Crippen LogP contribution in [0.25, 0.3) is 0 Å². The van der Waals surface area contributed by atoms with Crippen LogP contribution in [0.1, 0.15) is 29.3 Å². The molecule has 0 spiro atoms. The molecule has 1 aromatic rings. The lowest BCUT2D eigenvalue weighted by molar-refractivity contribution is 0.111. The Kier molecular flexibility index (Phi) is 2.90. The number of phenolic OH excluding ortho intramolecular Hbond substituents is 2. The second-order valence-electron chi connectivity index (χ2n) is 2.86. The van der Waals surface area contributed by atoms with E-state index in [0.717, 1.165) is 6.42 Å². The minimum absolute atomic E-state index is 0.0711. The van der Waals surface area contributed by atoms with Crippen molar-refractivity contribution in [2.75, 3.05) is 0 Å². The first kappa shape index (κ1) is 9.58. The van der Waals surface area contributed by atoms with E-state index < -0.39 is 0 Å². The van der Waals surface area contributed by atoms with E-state index in [0.29, 0.717) is 18.3 Å². The fourth-order valence-corrected chi connectivity index (χ4v) is 1.29. The molecule has 70 valence electrons. The first-order chi connectivity index (χ1) is 6.20. The topological polar surface area (TPSA) is 57.5 Å². The average Bonchev–Trinajstić information content (AvgIpc) is 2.12. The molecule has 0 bridgehead atoms. The van der Waals surface area contributed by atoms with E-state index in [1.165, 1.54) is 12.1 Å². The Hall–Kier alpha value is -1.51. The number of aldehydes is 1. The molecule has 1 aromatic carbocycles. The van der Waals surface area contributed by atoms with E-state index in [1.54, 1.807) is 0 Å². The van der Waals surface area contributed by atoms with Crippen molar-refractivity contribution >= 4 is 6.29 Å². The highest BCUT2D eigenvalue weighted by atomic mass is 16.3. The molecule has 3 nitrogen and oxygen atoms in total. The van der Waals surface area contributed by atoms with Gasteiger partial charge in [0.25, 0.3) is 0 Å². The molecule has 0 aromatic heterocycles. The van der Waals surface area contributed by atoms with Crippen molar-refractivity contribution in [2.24, 2.45) is 0 Å². The highest BCUT2D eigenvalue weighted by molar-refractivity contribution is 5.82. The van der Waals surface area contributed by atoms with Gasteiger partial charge in [0, 0.05) is 5.56 Å². The molecule has 0 saturated heterocycles. The molecule has 0 radical (unpaired) electrons. The van der Waals surface area contributed by atoms with Gasteiger partial charge in [-0.3, -0.25) is 4.79 Å². The summed E-state index contributed by atoms with van der Waals surface area (Å²) in [5.74, 6) is -0.00185. The molecule has 0 aliphatic rings. The number of carbonyl (C=O) groups is 1. The van der Waals surface area contributed by atoms with Crippen molar-refractivity contribution in [3.8, 4) is 11.5 Å². The Balaban J connectivity index is 3.25. The Morgan fingerprint density at radius 1 is 1.31 bits per heavy atom. The average molecular weight is 180 g/mol. The summed E-state index contributed by atoms with van der Waals surface area (Å²) >= 11 is 0. The summed E-state index contributed by atoms with van der Waals surface area (Å²) in [7, 11) is 0. The second-order valence-corrected chi connectivity index (χ2v) is 2.86. The molecule has 0 aliphatic heterocycles. The van der Waals surface area contributed by atoms with Crippen LogP contribution in [-0.4, -0.2) is 16.5 Å². The Bertz CT molecular complexity index is 318. The molecule has 13 heavy (non-hydrogen) atoms. The lowest BCUT2D eigenvalue weighted by Crippen LogP contribution is -1.93. The van der Waals surface area contributed by atoms with Crippen LogP contribution in [0.4, 0.5) is 0 Å². The van der Waals surface area contributed by atoms with Crippen LogP contribution in [0, 0.1) is 0 Å². The van der Waals surface area contributed by atoms with Gasteiger partial charge in [0.2, 0.25) is 0 Å². The van der Waals surface area contributed by atoms with E-state index in [4.69, 9.17) is 0 Å². The SMILES string of the molecule is CCCc1c(O)ccc(O)c1C=O. The third-order valence-electron chi connectivity index (χ3n) is 1.93. The van der Waals surface area contributed by atoms with Crippen LogP contribution in [0.5, 0.6) is 11.5 Å². The van der Waals surface area contributed by atoms with Gasteiger partial charge in [0.1, 0.15) is 11.5 Å². The molecule has 2 N–H and O–H groups in total. The largest absolute Gasteiger partial charge is 0.508 e. The first-order valence-electron chi connectivity index (χ1n) is 4.19. The Morgan fingerprint density at radius 3 is 2.46 bits per heavy atom. The Labute approximate surface area is 76.6 Å². The van der Waals surface area contributed by atoms with E-state index in [9.17, 15) is 15.0 Å². The lowest BCUT2D eigenvalue weighted by Gasteiger charge is -2.07. The van der Waals surface area contributed by atoms with E-state index in [1.807, 2.05) is 6.92 Å². The fourth-order valence-electron chi connectivity index (χ4n) is 1.29. The van der Waals surface area contributed by atoms with Gasteiger partial charge in [0.15, 0.2) is 6.29 Å². The summed E-state index contributed by atoms with van der Waals surface area (Å²) in [6.07, 6.45) is 1.98. The maximum atomic E-state index is 10.6. The second kappa shape index (κ2) is 3.94. The van der Waals surface area contributed by atoms with Gasteiger partial charge in [0.05, 0.1) is 5.56 Å². The molecule has 1 rings (SSSR count). The summed E-state index contributed by atoms with van der Waals surface area (Å²) in [5.41, 5.74) is 0.722. The zero-order valence-corrected chi connectivity index (χ0v) is 7.45. The number of hydrogen-bond donors (Lipinski definition) is 2. The van der Waals surface area contributed by atoms with Gasteiger partial charge in [-0.2, -0.15) is 0 Å². The van der Waals surface area contributed by atoms with Gasteiger partial charge in [-0.05, 0) is 18.6 Å². The third kappa shape index (κ3) is 1.80. The van der Waals surface area contributed by atoms with Crippen molar-refractivity contribution in [1.82, 2.24) is 0 Å². The highest BCUT2D eigenvalue weighted by Gasteiger charge is 2.10. The maximum Gasteiger partial charge on any atom is 0.154 e. The fraction of sp³-hybridized carbons (Fsp3) is 0.300. The van der Waals surface area contributed by atoms with E-state index >= 15 is 0 Å². The smallest absolute Gasteiger partial charge is 0.154 e. The number of benzene rings is 1. The van der Waals surface area contributed by atoms with Gasteiger partial charge < -0.3 is 10.2 Å². The van der Waals surface area contributed by atoms with E-state index in [2.05, 4.69) is 0 Å². The molecular weight excluding hydrogens is 168 g/mol. The van der Waals surface area contributed by atoms with E-state index in [-0.39, 0.29) is 17.1 Å². The maximum absolute atomic E-state index is 10.6. The monoisotopic (exact) mass is 180 g/mol. The summed E-state index contributed by atoms with van der Waals surface area (Å²) in [5, 5.41) is 18.7. The molecule has 0 aliphatic carbocycles. The lowest BCUT2D eigenvalue weighted by atomic mass is 10.0. The number of hydrogen-bond acceptors (Lipinski definition) is 3. The minimum Gasteiger partial charge on any atom is -0.508 e. The number of phenols is 2. The van der Waals surface area contributed by atoms with Crippen LogP contribution in [0.15, 0.2) is 12.1 Å². The van der Waals surface area contributed by atoms with Crippen LogP contribution in [0.2, 0.25) is 0 Å². The molecule has 0 fully saturated rings. The molecule has 0 heterocycles. The number of rotatable bonds is 3. The summed E-state index contributed by atoms with van der Waals surface area (Å²) in [6.45, 7) is 1.94. The van der Waals surface area contributed by atoms with Crippen molar-refractivity contribution in [3.63, 3.8) is 0 Å². The van der Waals surface area contributed by atoms with Crippen LogP contribution in [0.3, 0.4) is 0 Å². The quantitative estimate of drug-likeness (QED) is 0.551. The van der Waals surface area contributed by atoms with Gasteiger partial charge in [-0.25, -0.2) is 0 Å². The minimum atomic E-state index is -0.0729.